The van der Waals surface area contributed by atoms with Crippen molar-refractivity contribution in [1.82, 2.24) is 9.47 Å². The number of hydrogen-bond acceptors (Lipinski definition) is 3. The van der Waals surface area contributed by atoms with Crippen molar-refractivity contribution >= 4 is 11.9 Å². The van der Waals surface area contributed by atoms with Crippen LogP contribution >= 0.6 is 0 Å². The average molecular weight is 368 g/mol. The number of esters is 1. The molecule has 0 saturated carbocycles. The van der Waals surface area contributed by atoms with Crippen LogP contribution in [0.4, 0.5) is 0 Å². The molecule has 0 spiro atoms. The van der Waals surface area contributed by atoms with E-state index in [0.717, 1.165) is 0 Å². The number of piperidine rings is 1. The maximum atomic E-state index is 13.0. The van der Waals surface area contributed by atoms with Crippen molar-refractivity contribution in [1.29, 1.82) is 0 Å². The van der Waals surface area contributed by atoms with Gasteiger partial charge in [0.2, 0.25) is 5.91 Å². The molecule has 1 aromatic heterocycles. The Bertz CT molecular complexity index is 762. The van der Waals surface area contributed by atoms with Gasteiger partial charge in [0.15, 0.2) is 0 Å². The zero-order valence-electron chi connectivity index (χ0n) is 16.1. The number of likely N-dealkylation sites (tertiary alicyclic amines) is 1. The summed E-state index contributed by atoms with van der Waals surface area (Å²) >= 11 is 0. The number of carbonyl (C=O) groups excluding carboxylic acids is 2. The van der Waals surface area contributed by atoms with Gasteiger partial charge in [0.1, 0.15) is 0 Å². The molecule has 1 aliphatic heterocycles. The summed E-state index contributed by atoms with van der Waals surface area (Å²) in [5, 5.41) is 0. The van der Waals surface area contributed by atoms with E-state index in [0.29, 0.717) is 39.0 Å². The maximum absolute atomic E-state index is 13.0. The van der Waals surface area contributed by atoms with Gasteiger partial charge in [-0.2, -0.15) is 0 Å². The molecule has 144 valence electrons. The van der Waals surface area contributed by atoms with Gasteiger partial charge in [-0.15, -0.1) is 0 Å². The highest BCUT2D eigenvalue weighted by Gasteiger charge is 2.29. The van der Waals surface area contributed by atoms with Crippen LogP contribution in [-0.4, -0.2) is 41.0 Å². The van der Waals surface area contributed by atoms with E-state index in [-0.39, 0.29) is 23.8 Å². The summed E-state index contributed by atoms with van der Waals surface area (Å²) < 4.78 is 7.22. The highest BCUT2D eigenvalue weighted by Crippen LogP contribution is 2.27. The molecule has 2 aromatic rings. The summed E-state index contributed by atoms with van der Waals surface area (Å²) in [6.07, 6.45) is 5.81. The topological polar surface area (TPSA) is 51.5 Å². The number of amides is 1. The van der Waals surface area contributed by atoms with Gasteiger partial charge in [-0.3, -0.25) is 9.59 Å². The summed E-state index contributed by atoms with van der Waals surface area (Å²) in [5.41, 5.74) is 2.36. The van der Waals surface area contributed by atoms with Gasteiger partial charge in [0.25, 0.3) is 0 Å². The zero-order valence-corrected chi connectivity index (χ0v) is 16.1. The van der Waals surface area contributed by atoms with Crippen molar-refractivity contribution in [3.63, 3.8) is 0 Å². The lowest BCUT2D eigenvalue weighted by Crippen LogP contribution is -2.41. The van der Waals surface area contributed by atoms with Crippen LogP contribution in [0.5, 0.6) is 0 Å². The van der Waals surface area contributed by atoms with Crippen molar-refractivity contribution in [3.05, 3.63) is 59.9 Å². The summed E-state index contributed by atoms with van der Waals surface area (Å²) in [7, 11) is 0. The van der Waals surface area contributed by atoms with Crippen LogP contribution in [0.2, 0.25) is 0 Å². The van der Waals surface area contributed by atoms with Crippen LogP contribution in [-0.2, 0) is 14.3 Å². The molecule has 1 aliphatic rings. The van der Waals surface area contributed by atoms with Crippen molar-refractivity contribution in [2.24, 2.45) is 5.92 Å². The summed E-state index contributed by atoms with van der Waals surface area (Å²) in [5.74, 6) is -0.0698. The lowest BCUT2D eigenvalue weighted by Gasteiger charge is -2.32. The fraction of sp³-hybridized carbons (Fsp3) is 0.455. The Hall–Kier alpha value is -2.56. The number of hydrogen-bond donors (Lipinski definition) is 0. The number of rotatable bonds is 6. The zero-order chi connectivity index (χ0) is 19.2. The molecule has 1 amide bonds. The van der Waals surface area contributed by atoms with Gasteiger partial charge in [0, 0.05) is 25.5 Å². The Balaban J connectivity index is 1.68. The third-order valence-corrected chi connectivity index (χ3v) is 5.37. The molecule has 0 radical (unpaired) electrons. The van der Waals surface area contributed by atoms with E-state index in [1.807, 2.05) is 48.5 Å². The second-order valence-electron chi connectivity index (χ2n) is 7.11. The lowest BCUT2D eigenvalue weighted by molar-refractivity contribution is -0.151. The van der Waals surface area contributed by atoms with E-state index in [1.54, 1.807) is 0 Å². The Morgan fingerprint density at radius 2 is 1.78 bits per heavy atom. The highest BCUT2D eigenvalue weighted by atomic mass is 16.5. The molecule has 27 heavy (non-hydrogen) atoms. The predicted octanol–water partition coefficient (Wildman–Crippen LogP) is 3.58. The molecular weight excluding hydrogens is 340 g/mol. The molecule has 0 N–H and O–H groups in total. The van der Waals surface area contributed by atoms with E-state index < -0.39 is 0 Å². The van der Waals surface area contributed by atoms with Crippen LogP contribution < -0.4 is 0 Å². The van der Waals surface area contributed by atoms with Crippen molar-refractivity contribution in [2.75, 3.05) is 19.7 Å². The third-order valence-electron chi connectivity index (χ3n) is 5.37. The minimum Gasteiger partial charge on any atom is -0.466 e. The molecule has 1 fully saturated rings. The minimum absolute atomic E-state index is 0.0171. The first-order valence-electron chi connectivity index (χ1n) is 9.72. The first-order chi connectivity index (χ1) is 13.1. The monoisotopic (exact) mass is 368 g/mol. The number of aryl methyl sites for hydroxylation is 1. The average Bonchev–Trinajstić information content (AvgIpc) is 3.21. The standard InChI is InChI=1S/C22H28N2O3/c1-3-27-22(26)18-10-14-24(15-11-18)21(25)16-20(23-12-6-7-13-23)19-9-5-4-8-17(19)2/h4-9,12-13,18,20H,3,10-11,14-16H2,1-2H3. The Morgan fingerprint density at radius 3 is 2.41 bits per heavy atom. The largest absolute Gasteiger partial charge is 0.466 e. The lowest BCUT2D eigenvalue weighted by atomic mass is 9.95. The van der Waals surface area contributed by atoms with E-state index in [2.05, 4.69) is 23.6 Å². The maximum Gasteiger partial charge on any atom is 0.309 e. The molecule has 1 aromatic carbocycles. The van der Waals surface area contributed by atoms with E-state index in [4.69, 9.17) is 4.74 Å². The van der Waals surface area contributed by atoms with Crippen LogP contribution in [0.15, 0.2) is 48.8 Å². The van der Waals surface area contributed by atoms with Crippen LogP contribution in [0.1, 0.15) is 43.4 Å². The molecule has 1 unspecified atom stereocenters. The third kappa shape index (κ3) is 4.59. The molecule has 2 heterocycles. The molecule has 1 atom stereocenters. The molecule has 1 saturated heterocycles. The van der Waals surface area contributed by atoms with Crippen molar-refractivity contribution in [2.45, 2.75) is 39.2 Å². The SMILES string of the molecule is CCOC(=O)C1CCN(C(=O)CC(c2ccccc2C)n2cccc2)CC1. The second-order valence-corrected chi connectivity index (χ2v) is 7.11. The minimum atomic E-state index is -0.130. The molecule has 5 nitrogen and oxygen atoms in total. The van der Waals surface area contributed by atoms with Gasteiger partial charge in [0.05, 0.1) is 25.0 Å². The number of aromatic nitrogens is 1. The number of nitrogens with zero attached hydrogens (tertiary/aromatic N) is 2. The van der Waals surface area contributed by atoms with Gasteiger partial charge in [-0.1, -0.05) is 24.3 Å². The van der Waals surface area contributed by atoms with Gasteiger partial charge >= 0.3 is 5.97 Å². The normalized spacial score (nSPS) is 16.1. The first kappa shape index (κ1) is 19.2. The van der Waals surface area contributed by atoms with Gasteiger partial charge in [-0.05, 0) is 49.9 Å². The number of ether oxygens (including phenoxy) is 1. The van der Waals surface area contributed by atoms with Crippen LogP contribution in [0, 0.1) is 12.8 Å². The molecule has 3 rings (SSSR count). The van der Waals surface area contributed by atoms with Crippen LogP contribution in [0.3, 0.4) is 0 Å². The van der Waals surface area contributed by atoms with E-state index >= 15 is 0 Å². The molecule has 5 heteroatoms. The number of benzene rings is 1. The molecule has 0 bridgehead atoms. The van der Waals surface area contributed by atoms with E-state index in [9.17, 15) is 9.59 Å². The predicted molar refractivity (Wildman–Crippen MR) is 104 cm³/mol. The Kier molecular flexibility index (Phi) is 6.32. The fourth-order valence-electron chi connectivity index (χ4n) is 3.81. The smallest absolute Gasteiger partial charge is 0.309 e. The van der Waals surface area contributed by atoms with Gasteiger partial charge in [-0.25, -0.2) is 0 Å². The van der Waals surface area contributed by atoms with E-state index in [1.165, 1.54) is 11.1 Å². The summed E-state index contributed by atoms with van der Waals surface area (Å²) in [4.78, 5) is 26.8. The first-order valence-corrected chi connectivity index (χ1v) is 9.72. The quantitative estimate of drug-likeness (QED) is 0.733. The highest BCUT2D eigenvalue weighted by molar-refractivity contribution is 5.78. The van der Waals surface area contributed by atoms with Crippen molar-refractivity contribution < 1.29 is 14.3 Å². The summed E-state index contributed by atoms with van der Waals surface area (Å²) in [6.45, 7) is 5.56. The van der Waals surface area contributed by atoms with Crippen molar-refractivity contribution in [3.8, 4) is 0 Å². The summed E-state index contributed by atoms with van der Waals surface area (Å²) in [6, 6.07) is 12.2. The molecule has 0 aliphatic carbocycles. The van der Waals surface area contributed by atoms with Crippen LogP contribution in [0.25, 0.3) is 0 Å². The molecular formula is C22H28N2O3. The Labute approximate surface area is 160 Å². The Morgan fingerprint density at radius 1 is 1.11 bits per heavy atom. The second kappa shape index (κ2) is 8.89. The number of carbonyl (C=O) groups is 2. The fourth-order valence-corrected chi connectivity index (χ4v) is 3.81. The van der Waals surface area contributed by atoms with Gasteiger partial charge < -0.3 is 14.2 Å².